The fraction of sp³-hybridized carbons (Fsp3) is 0.217. The van der Waals surface area contributed by atoms with Crippen molar-refractivity contribution in [3.05, 3.63) is 83.8 Å². The monoisotopic (exact) mass is 406 g/mol. The molecule has 0 saturated heterocycles. The minimum Gasteiger partial charge on any atom is -0.497 e. The first kappa shape index (κ1) is 21.0. The molecule has 7 heteroatoms. The molecule has 3 aromatic rings. The van der Waals surface area contributed by atoms with E-state index in [1.54, 1.807) is 19.2 Å². The molecule has 7 nitrogen and oxygen atoms in total. The van der Waals surface area contributed by atoms with Crippen molar-refractivity contribution in [2.24, 2.45) is 4.99 Å². The molecule has 30 heavy (non-hydrogen) atoms. The van der Waals surface area contributed by atoms with E-state index in [4.69, 9.17) is 9.15 Å². The van der Waals surface area contributed by atoms with Crippen LogP contribution in [-0.2, 0) is 13.1 Å². The zero-order valence-electron chi connectivity index (χ0n) is 17.1. The molecule has 156 valence electrons. The van der Waals surface area contributed by atoms with Crippen LogP contribution in [0.15, 0.2) is 76.3 Å². The average molecular weight is 406 g/mol. The standard InChI is InChI=1S/C23H26N4O3/c1-3-24-23(26-16-18-8-12-20(29-2)13-9-18)25-15-17-6-10-19(11-7-17)27-22(28)21-5-4-14-30-21/h4-14H,3,15-16H2,1-2H3,(H,27,28)(H2,24,25,26). The van der Waals surface area contributed by atoms with Crippen molar-refractivity contribution in [1.82, 2.24) is 10.6 Å². The van der Waals surface area contributed by atoms with Gasteiger partial charge in [-0.05, 0) is 54.4 Å². The quantitative estimate of drug-likeness (QED) is 0.391. The predicted octanol–water partition coefficient (Wildman–Crippen LogP) is 3.80. The number of furan rings is 1. The number of methoxy groups -OCH3 is 1. The molecule has 0 bridgehead atoms. The van der Waals surface area contributed by atoms with E-state index in [9.17, 15) is 4.79 Å². The van der Waals surface area contributed by atoms with Crippen LogP contribution in [0.2, 0.25) is 0 Å². The molecule has 0 radical (unpaired) electrons. The van der Waals surface area contributed by atoms with E-state index in [0.29, 0.717) is 18.8 Å². The van der Waals surface area contributed by atoms with Gasteiger partial charge in [-0.1, -0.05) is 24.3 Å². The highest BCUT2D eigenvalue weighted by molar-refractivity contribution is 6.02. The highest BCUT2D eigenvalue weighted by Crippen LogP contribution is 2.13. The molecule has 1 heterocycles. The third-order valence-corrected chi connectivity index (χ3v) is 4.34. The van der Waals surface area contributed by atoms with Crippen molar-refractivity contribution in [3.63, 3.8) is 0 Å². The summed E-state index contributed by atoms with van der Waals surface area (Å²) in [6.45, 7) is 3.98. The number of carbonyl (C=O) groups is 1. The van der Waals surface area contributed by atoms with Crippen LogP contribution in [-0.4, -0.2) is 25.5 Å². The van der Waals surface area contributed by atoms with Crippen LogP contribution in [0, 0.1) is 0 Å². The number of benzene rings is 2. The summed E-state index contributed by atoms with van der Waals surface area (Å²) < 4.78 is 10.3. The number of carbonyl (C=O) groups excluding carboxylic acids is 1. The van der Waals surface area contributed by atoms with E-state index in [1.807, 2.05) is 55.5 Å². The second kappa shape index (κ2) is 10.7. The van der Waals surface area contributed by atoms with Gasteiger partial charge >= 0.3 is 0 Å². The zero-order chi connectivity index (χ0) is 21.2. The summed E-state index contributed by atoms with van der Waals surface area (Å²) in [5.41, 5.74) is 2.88. The summed E-state index contributed by atoms with van der Waals surface area (Å²) in [6.07, 6.45) is 1.47. The van der Waals surface area contributed by atoms with Gasteiger partial charge in [-0.2, -0.15) is 0 Å². The Labute approximate surface area is 176 Å². The Morgan fingerprint density at radius 2 is 1.73 bits per heavy atom. The molecule has 1 aromatic heterocycles. The third kappa shape index (κ3) is 6.13. The molecule has 3 N–H and O–H groups in total. The number of hydrogen-bond donors (Lipinski definition) is 3. The maximum atomic E-state index is 12.0. The van der Waals surface area contributed by atoms with Crippen LogP contribution in [0.1, 0.15) is 28.6 Å². The number of amides is 1. The normalized spacial score (nSPS) is 11.1. The summed E-state index contributed by atoms with van der Waals surface area (Å²) in [5, 5.41) is 9.37. The Balaban J connectivity index is 1.54. The highest BCUT2D eigenvalue weighted by Gasteiger charge is 2.08. The van der Waals surface area contributed by atoms with Crippen molar-refractivity contribution in [2.45, 2.75) is 20.0 Å². The first-order valence-corrected chi connectivity index (χ1v) is 9.77. The Morgan fingerprint density at radius 1 is 1.00 bits per heavy atom. The zero-order valence-corrected chi connectivity index (χ0v) is 17.1. The molecule has 0 spiro atoms. The van der Waals surface area contributed by atoms with Crippen LogP contribution in [0.4, 0.5) is 5.69 Å². The first-order valence-electron chi connectivity index (χ1n) is 9.77. The van der Waals surface area contributed by atoms with Gasteiger partial charge < -0.3 is 25.1 Å². The number of nitrogens with one attached hydrogen (secondary N) is 3. The van der Waals surface area contributed by atoms with Gasteiger partial charge in [-0.15, -0.1) is 0 Å². The molecule has 2 aromatic carbocycles. The predicted molar refractivity (Wildman–Crippen MR) is 118 cm³/mol. The summed E-state index contributed by atoms with van der Waals surface area (Å²) in [5.74, 6) is 1.58. The number of nitrogens with zero attached hydrogens (tertiary/aromatic N) is 1. The lowest BCUT2D eigenvalue weighted by molar-refractivity contribution is 0.0996. The molecular formula is C23H26N4O3. The first-order chi connectivity index (χ1) is 14.7. The number of anilines is 1. The number of rotatable bonds is 8. The minimum atomic E-state index is -0.272. The second-order valence-corrected chi connectivity index (χ2v) is 6.53. The lowest BCUT2D eigenvalue weighted by Gasteiger charge is -2.12. The fourth-order valence-electron chi connectivity index (χ4n) is 2.74. The summed E-state index contributed by atoms with van der Waals surface area (Å²) in [4.78, 5) is 16.6. The Bertz CT molecular complexity index is 949. The topological polar surface area (TPSA) is 87.9 Å². The molecular weight excluding hydrogens is 380 g/mol. The molecule has 0 unspecified atom stereocenters. The van der Waals surface area contributed by atoms with Gasteiger partial charge in [-0.25, -0.2) is 4.99 Å². The minimum absolute atomic E-state index is 0.272. The van der Waals surface area contributed by atoms with Crippen molar-refractivity contribution in [1.29, 1.82) is 0 Å². The Hall–Kier alpha value is -3.74. The summed E-state index contributed by atoms with van der Waals surface area (Å²) in [6, 6.07) is 18.8. The smallest absolute Gasteiger partial charge is 0.291 e. The van der Waals surface area contributed by atoms with Crippen molar-refractivity contribution >= 4 is 17.6 Å². The molecule has 0 fully saturated rings. The van der Waals surface area contributed by atoms with Crippen LogP contribution in [0.3, 0.4) is 0 Å². The average Bonchev–Trinajstić information content (AvgIpc) is 3.32. The summed E-state index contributed by atoms with van der Waals surface area (Å²) >= 11 is 0. The SMILES string of the molecule is CCNC(=NCc1ccc(OC)cc1)NCc1ccc(NC(=O)c2ccco2)cc1. The lowest BCUT2D eigenvalue weighted by atomic mass is 10.2. The number of aliphatic imine (C=N–C) groups is 1. The molecule has 0 aliphatic heterocycles. The van der Waals surface area contributed by atoms with Gasteiger partial charge in [-0.3, -0.25) is 4.79 Å². The van der Waals surface area contributed by atoms with E-state index in [1.165, 1.54) is 6.26 Å². The van der Waals surface area contributed by atoms with Crippen molar-refractivity contribution in [3.8, 4) is 5.75 Å². The van der Waals surface area contributed by atoms with Crippen LogP contribution < -0.4 is 20.7 Å². The molecule has 0 saturated carbocycles. The van der Waals surface area contributed by atoms with Gasteiger partial charge in [0.05, 0.1) is 19.9 Å². The van der Waals surface area contributed by atoms with Gasteiger partial charge in [0.1, 0.15) is 5.75 Å². The molecule has 0 atom stereocenters. The van der Waals surface area contributed by atoms with E-state index in [0.717, 1.165) is 29.4 Å². The second-order valence-electron chi connectivity index (χ2n) is 6.53. The Morgan fingerprint density at radius 3 is 2.37 bits per heavy atom. The molecule has 0 aliphatic carbocycles. The molecule has 3 rings (SSSR count). The Kier molecular flexibility index (Phi) is 7.49. The number of hydrogen-bond acceptors (Lipinski definition) is 4. The van der Waals surface area contributed by atoms with Gasteiger partial charge in [0.15, 0.2) is 11.7 Å². The largest absolute Gasteiger partial charge is 0.497 e. The van der Waals surface area contributed by atoms with Gasteiger partial charge in [0, 0.05) is 18.8 Å². The van der Waals surface area contributed by atoms with Crippen LogP contribution in [0.25, 0.3) is 0 Å². The van der Waals surface area contributed by atoms with Crippen LogP contribution in [0.5, 0.6) is 5.75 Å². The third-order valence-electron chi connectivity index (χ3n) is 4.34. The highest BCUT2D eigenvalue weighted by atomic mass is 16.5. The van der Waals surface area contributed by atoms with E-state index in [2.05, 4.69) is 20.9 Å². The fourth-order valence-corrected chi connectivity index (χ4v) is 2.74. The number of ether oxygens (including phenoxy) is 1. The maximum Gasteiger partial charge on any atom is 0.291 e. The van der Waals surface area contributed by atoms with E-state index >= 15 is 0 Å². The molecule has 0 aliphatic rings. The van der Waals surface area contributed by atoms with E-state index < -0.39 is 0 Å². The number of guanidine groups is 1. The van der Waals surface area contributed by atoms with Gasteiger partial charge in [0.2, 0.25) is 0 Å². The van der Waals surface area contributed by atoms with Crippen LogP contribution >= 0.6 is 0 Å². The summed E-state index contributed by atoms with van der Waals surface area (Å²) in [7, 11) is 1.65. The van der Waals surface area contributed by atoms with Gasteiger partial charge in [0.25, 0.3) is 5.91 Å². The maximum absolute atomic E-state index is 12.0. The van der Waals surface area contributed by atoms with E-state index in [-0.39, 0.29) is 11.7 Å². The lowest BCUT2D eigenvalue weighted by Crippen LogP contribution is -2.36. The van der Waals surface area contributed by atoms with Crippen molar-refractivity contribution in [2.75, 3.05) is 19.0 Å². The van der Waals surface area contributed by atoms with Crippen molar-refractivity contribution < 1.29 is 13.9 Å². The molecule has 1 amide bonds.